The molecule has 0 bridgehead atoms. The molecule has 120 valence electrons. The topological polar surface area (TPSA) is 0 Å². The zero-order chi connectivity index (χ0) is 0. The van der Waals surface area contributed by atoms with Gasteiger partial charge in [0, 0.05) is 381 Å². The summed E-state index contributed by atoms with van der Waals surface area (Å²) in [5.74, 6) is 0. The molecule has 0 saturated carbocycles. The monoisotopic (exact) mass is 2070 g/mol. The first kappa shape index (κ1) is 128. The van der Waals surface area contributed by atoms with Gasteiger partial charge in [0.2, 0.25) is 0 Å². The Morgan fingerprint density at radius 2 is 1.00 bits per heavy atom. The van der Waals surface area contributed by atoms with Crippen LogP contribution in [0.3, 0.4) is 0 Å². The van der Waals surface area contributed by atoms with Crippen molar-refractivity contribution in [1.82, 2.24) is 0 Å². The zero-order valence-electron chi connectivity index (χ0n) is 5.69. The van der Waals surface area contributed by atoms with E-state index in [4.69, 9.17) is 0 Å². The van der Waals surface area contributed by atoms with E-state index < -0.39 is 0 Å². The molecular weight excluding hydrogens is 2060 g/mol. The summed E-state index contributed by atoms with van der Waals surface area (Å²) < 4.78 is 0. The predicted molar refractivity (Wildman–Crippen MR) is 19.8 cm³/mol. The van der Waals surface area contributed by atoms with Crippen LogP contribution >= 0.6 is 9.90 Å². The van der Waals surface area contributed by atoms with Crippen molar-refractivity contribution < 1.29 is 354 Å². The SMILES string of the molecule is [Cu].[Dy].[Er].[Gd].[Ge].[KH].[Os].[P].[Pd].[Pt].[Re].[Ti].[U].[V].[W].[Yb]. The van der Waals surface area contributed by atoms with Gasteiger partial charge < -0.3 is 0 Å². The molecule has 0 amide bonds. The predicted octanol–water partition coefficient (Wildman–Crippen LogP) is -0.188. The van der Waals surface area contributed by atoms with Gasteiger partial charge in [0.1, 0.15) is 0 Å². The molecule has 16 heteroatoms. The standard InChI is InChI=1S/Cu.Dy.Er.Gd.Ge.K.Os.P.Pd.Pt.Re.Ti.U.V.W.Yb.H. The Morgan fingerprint density at radius 3 is 1.00 bits per heavy atom. The van der Waals surface area contributed by atoms with E-state index in [0.29, 0.717) is 0 Å². The van der Waals surface area contributed by atoms with Gasteiger partial charge in [0.05, 0.1) is 0 Å². The molecule has 0 aromatic carbocycles. The molecular formula is HCuDyErGdGeKOsPPdPtReTiUVWYb. The molecule has 0 aliphatic rings. The van der Waals surface area contributed by atoms with E-state index in [1.165, 1.54) is 0 Å². The van der Waals surface area contributed by atoms with Crippen LogP contribution in [-0.4, -0.2) is 69.0 Å². The molecule has 16 heavy (non-hydrogen) atoms. The molecule has 0 aliphatic heterocycles. The van der Waals surface area contributed by atoms with E-state index in [0.717, 1.165) is 0 Å². The van der Waals surface area contributed by atoms with Crippen molar-refractivity contribution in [2.24, 2.45) is 0 Å². The summed E-state index contributed by atoms with van der Waals surface area (Å²) in [6, 6.07) is 0. The van der Waals surface area contributed by atoms with E-state index in [9.17, 15) is 0 Å². The maximum atomic E-state index is 0. The summed E-state index contributed by atoms with van der Waals surface area (Å²) >= 11 is 0. The first-order valence-electron chi connectivity index (χ1n) is 0. The maximum Gasteiger partial charge on any atom is 0 e. The second-order valence-electron chi connectivity index (χ2n) is 0. The molecule has 0 aromatic rings. The molecule has 0 aliphatic carbocycles. The van der Waals surface area contributed by atoms with Gasteiger partial charge in [0.15, 0.2) is 0 Å². The smallest absolute Gasteiger partial charge is 0 e. The summed E-state index contributed by atoms with van der Waals surface area (Å²) in [5, 5.41) is 0. The van der Waals surface area contributed by atoms with Gasteiger partial charge in [-0.2, -0.15) is 0 Å². The van der Waals surface area contributed by atoms with Crippen LogP contribution in [-0.2, 0) is 160 Å². The van der Waals surface area contributed by atoms with Crippen molar-refractivity contribution in [2.45, 2.75) is 0 Å². The van der Waals surface area contributed by atoms with Gasteiger partial charge in [-0.15, -0.1) is 0 Å². The quantitative estimate of drug-likeness (QED) is 0.234. The van der Waals surface area contributed by atoms with Crippen LogP contribution in [0.5, 0.6) is 0 Å². The van der Waals surface area contributed by atoms with Crippen LogP contribution in [0.4, 0.5) is 0 Å². The fourth-order valence-corrected chi connectivity index (χ4v) is 0. The van der Waals surface area contributed by atoms with Gasteiger partial charge >= 0.3 is 51.4 Å². The minimum atomic E-state index is 0. The van der Waals surface area contributed by atoms with Crippen LogP contribution < -0.4 is 0 Å². The summed E-state index contributed by atoms with van der Waals surface area (Å²) in [6.45, 7) is 0. The molecule has 10 radical (unpaired) electrons. The van der Waals surface area contributed by atoms with Crippen molar-refractivity contribution in [3.8, 4) is 0 Å². The van der Waals surface area contributed by atoms with Crippen LogP contribution in [0.25, 0.3) is 0 Å². The van der Waals surface area contributed by atoms with E-state index >= 15 is 0 Å². The molecule has 0 rings (SSSR count). The molecule has 0 fully saturated rings. The fourth-order valence-electron chi connectivity index (χ4n) is 0. The normalized spacial score (nSPS) is 0. The third kappa shape index (κ3) is 104. The van der Waals surface area contributed by atoms with Crippen molar-refractivity contribution in [3.63, 3.8) is 0 Å². The Hall–Kier alpha value is 14.2. The fraction of sp³-hybridized carbons (Fsp3) is 0. The van der Waals surface area contributed by atoms with E-state index in [2.05, 4.69) is 0 Å². The largest absolute Gasteiger partial charge is 0 e. The van der Waals surface area contributed by atoms with Crippen molar-refractivity contribution in [3.05, 3.63) is 0 Å². The maximum absolute atomic E-state index is 0. The van der Waals surface area contributed by atoms with Crippen LogP contribution in [0.1, 0.15) is 0 Å². The number of rotatable bonds is 0. The van der Waals surface area contributed by atoms with Crippen LogP contribution in [0.15, 0.2) is 0 Å². The van der Waals surface area contributed by atoms with E-state index in [-0.39, 0.29) is 432 Å². The van der Waals surface area contributed by atoms with Gasteiger partial charge in [-0.3, -0.25) is 0 Å². The van der Waals surface area contributed by atoms with Gasteiger partial charge in [0.25, 0.3) is 0 Å². The Balaban J connectivity index is 0. The first-order chi connectivity index (χ1) is 0. The minimum Gasteiger partial charge on any atom is 0 e. The van der Waals surface area contributed by atoms with Gasteiger partial charge in [-0.05, 0) is 0 Å². The van der Waals surface area contributed by atoms with Gasteiger partial charge in [-0.1, -0.05) is 0 Å². The molecule has 0 nitrogen and oxygen atoms in total. The Morgan fingerprint density at radius 1 is 1.00 bits per heavy atom. The molecule has 0 unspecified atom stereocenters. The minimum absolute atomic E-state index is 0. The second-order valence-corrected chi connectivity index (χ2v) is 0. The molecule has 0 N–H and O–H groups in total. The summed E-state index contributed by atoms with van der Waals surface area (Å²) in [5.41, 5.74) is 0. The average Bonchev–Trinajstić information content (AvgIpc) is 0. The van der Waals surface area contributed by atoms with Crippen molar-refractivity contribution in [2.75, 3.05) is 0 Å². The van der Waals surface area contributed by atoms with Crippen LogP contribution in [0.2, 0.25) is 0 Å². The Bertz CT molecular complexity index is 64.0. The van der Waals surface area contributed by atoms with E-state index in [1.54, 1.807) is 0 Å². The van der Waals surface area contributed by atoms with Crippen molar-refractivity contribution >= 4 is 78.9 Å². The Kier molecular flexibility index (Phi) is 920. The average molecular weight is 2070 g/mol. The third-order valence-electron chi connectivity index (χ3n) is 0. The number of hydrogen-bond acceptors (Lipinski definition) is 0. The van der Waals surface area contributed by atoms with Crippen molar-refractivity contribution in [1.29, 1.82) is 0 Å². The summed E-state index contributed by atoms with van der Waals surface area (Å²) in [4.78, 5) is 0. The van der Waals surface area contributed by atoms with Crippen LogP contribution in [0, 0.1) is 193 Å². The van der Waals surface area contributed by atoms with Gasteiger partial charge in [-0.25, -0.2) is 0 Å². The second kappa shape index (κ2) is 115. The molecule has 0 saturated heterocycles. The third-order valence-corrected chi connectivity index (χ3v) is 0. The molecule has 0 aromatic heterocycles. The zero-order valence-corrected chi connectivity index (χ0v) is 36.6. The molecule has 0 atom stereocenters. The Labute approximate surface area is 417 Å². The summed E-state index contributed by atoms with van der Waals surface area (Å²) in [6.07, 6.45) is 0. The molecule has 0 spiro atoms. The molecule has 0 heterocycles. The van der Waals surface area contributed by atoms with E-state index in [1.807, 2.05) is 0 Å². The number of hydrogen-bond donors (Lipinski definition) is 0. The summed E-state index contributed by atoms with van der Waals surface area (Å²) in [7, 11) is 0. The first-order valence-corrected chi connectivity index (χ1v) is 0.